The Labute approximate surface area is 236 Å². The third-order valence-corrected chi connectivity index (χ3v) is 10.2. The molecule has 0 saturated heterocycles. The summed E-state index contributed by atoms with van der Waals surface area (Å²) in [7, 11) is 0. The number of aryl methyl sites for hydroxylation is 1. The van der Waals surface area contributed by atoms with Gasteiger partial charge in [0.15, 0.2) is 17.5 Å². The van der Waals surface area contributed by atoms with Crippen LogP contribution in [0.3, 0.4) is 0 Å². The molecule has 0 atom stereocenters. The lowest BCUT2D eigenvalue weighted by Crippen LogP contribution is -2.36. The van der Waals surface area contributed by atoms with E-state index in [0.717, 1.165) is 36.0 Å². The summed E-state index contributed by atoms with van der Waals surface area (Å²) in [6.45, 7) is 2.29. The molecule has 216 valence electrons. The standard InChI is InChI=1S/C36H51F3/c1-2-3-4-5-6-7-8-10-13-28-20-23-36(24-21-28,32-14-11-9-12-15-32)25-22-29-16-18-30(19-17-29)31-26-33(37)35(39)34(38)27-31/h16-19,26-28,32H,2-15,20-25H2,1H3. The molecule has 0 heterocycles. The first-order valence-electron chi connectivity index (χ1n) is 16.2. The highest BCUT2D eigenvalue weighted by Gasteiger charge is 2.41. The minimum Gasteiger partial charge on any atom is -0.204 e. The van der Waals surface area contributed by atoms with E-state index >= 15 is 0 Å². The van der Waals surface area contributed by atoms with Gasteiger partial charge in [0.25, 0.3) is 0 Å². The number of rotatable bonds is 14. The molecule has 2 aliphatic rings. The Hall–Kier alpha value is -1.77. The molecule has 0 nitrogen and oxygen atoms in total. The fourth-order valence-electron chi connectivity index (χ4n) is 7.66. The number of halogens is 3. The predicted molar refractivity (Wildman–Crippen MR) is 158 cm³/mol. The number of benzene rings is 2. The highest BCUT2D eigenvalue weighted by molar-refractivity contribution is 5.63. The number of unbranched alkanes of at least 4 members (excludes halogenated alkanes) is 7. The van der Waals surface area contributed by atoms with Crippen LogP contribution in [-0.2, 0) is 6.42 Å². The van der Waals surface area contributed by atoms with Gasteiger partial charge < -0.3 is 0 Å². The summed E-state index contributed by atoms with van der Waals surface area (Å²) < 4.78 is 40.8. The molecular weight excluding hydrogens is 489 g/mol. The van der Waals surface area contributed by atoms with E-state index < -0.39 is 17.5 Å². The first kappa shape index (κ1) is 30.2. The fraction of sp³-hybridized carbons (Fsp3) is 0.667. The van der Waals surface area contributed by atoms with Gasteiger partial charge >= 0.3 is 0 Å². The zero-order valence-corrected chi connectivity index (χ0v) is 24.4. The minimum atomic E-state index is -1.41. The van der Waals surface area contributed by atoms with Gasteiger partial charge in [0, 0.05) is 0 Å². The highest BCUT2D eigenvalue weighted by atomic mass is 19.2. The number of hydrogen-bond acceptors (Lipinski definition) is 0. The van der Waals surface area contributed by atoms with Crippen LogP contribution in [0.25, 0.3) is 11.1 Å². The summed E-state index contributed by atoms with van der Waals surface area (Å²) in [6, 6.07) is 10.2. The molecule has 2 saturated carbocycles. The van der Waals surface area contributed by atoms with Crippen LogP contribution in [0.5, 0.6) is 0 Å². The smallest absolute Gasteiger partial charge is 0.194 e. The second-order valence-corrected chi connectivity index (χ2v) is 12.9. The van der Waals surface area contributed by atoms with Crippen molar-refractivity contribution in [3.63, 3.8) is 0 Å². The van der Waals surface area contributed by atoms with E-state index in [1.54, 1.807) is 0 Å². The molecule has 3 heteroatoms. The van der Waals surface area contributed by atoms with Gasteiger partial charge in [-0.2, -0.15) is 0 Å². The zero-order valence-electron chi connectivity index (χ0n) is 24.4. The average Bonchev–Trinajstić information content (AvgIpc) is 2.97. The van der Waals surface area contributed by atoms with Crippen molar-refractivity contribution in [2.75, 3.05) is 0 Å². The highest BCUT2D eigenvalue weighted by Crippen LogP contribution is 2.52. The molecular formula is C36H51F3. The summed E-state index contributed by atoms with van der Waals surface area (Å²) in [5, 5.41) is 0. The molecule has 0 N–H and O–H groups in total. The van der Waals surface area contributed by atoms with Crippen LogP contribution in [0.15, 0.2) is 36.4 Å². The maximum Gasteiger partial charge on any atom is 0.194 e. The average molecular weight is 541 g/mol. The molecule has 0 amide bonds. The second kappa shape index (κ2) is 15.3. The van der Waals surface area contributed by atoms with Gasteiger partial charge in [-0.1, -0.05) is 108 Å². The van der Waals surface area contributed by atoms with E-state index in [-0.39, 0.29) is 0 Å². The van der Waals surface area contributed by atoms with Crippen molar-refractivity contribution in [2.24, 2.45) is 17.3 Å². The molecule has 2 aromatic rings. The maximum atomic E-state index is 13.7. The van der Waals surface area contributed by atoms with Crippen molar-refractivity contribution in [1.29, 1.82) is 0 Å². The quantitative estimate of drug-likeness (QED) is 0.165. The Balaban J connectivity index is 1.29. The van der Waals surface area contributed by atoms with Gasteiger partial charge in [-0.3, -0.25) is 0 Å². The third kappa shape index (κ3) is 8.61. The van der Waals surface area contributed by atoms with E-state index in [4.69, 9.17) is 0 Å². The minimum absolute atomic E-state index is 0.381. The lowest BCUT2D eigenvalue weighted by atomic mass is 9.58. The van der Waals surface area contributed by atoms with Gasteiger partial charge in [-0.05, 0) is 97.4 Å². The summed E-state index contributed by atoms with van der Waals surface area (Å²) in [4.78, 5) is 0. The summed E-state index contributed by atoms with van der Waals surface area (Å²) >= 11 is 0. The van der Waals surface area contributed by atoms with Crippen molar-refractivity contribution in [3.05, 3.63) is 59.4 Å². The van der Waals surface area contributed by atoms with E-state index in [1.807, 2.05) is 12.1 Å². The van der Waals surface area contributed by atoms with Crippen LogP contribution in [0.2, 0.25) is 0 Å². The van der Waals surface area contributed by atoms with Crippen LogP contribution < -0.4 is 0 Å². The van der Waals surface area contributed by atoms with Crippen molar-refractivity contribution in [2.45, 2.75) is 135 Å². The fourth-order valence-corrected chi connectivity index (χ4v) is 7.66. The SMILES string of the molecule is CCCCCCCCCCC1CCC(CCc2ccc(-c3cc(F)c(F)c(F)c3)cc2)(C2CCCCC2)CC1. The predicted octanol–water partition coefficient (Wildman–Crippen LogP) is 12.0. The molecule has 0 bridgehead atoms. The molecule has 0 aliphatic heterocycles. The normalized spacial score (nSPS) is 22.3. The Morgan fingerprint density at radius 3 is 1.90 bits per heavy atom. The third-order valence-electron chi connectivity index (χ3n) is 10.2. The summed E-state index contributed by atoms with van der Waals surface area (Å²) in [6.07, 6.45) is 27.6. The molecule has 2 aromatic carbocycles. The summed E-state index contributed by atoms with van der Waals surface area (Å²) in [5.41, 5.74) is 2.88. The van der Waals surface area contributed by atoms with E-state index in [9.17, 15) is 13.2 Å². The van der Waals surface area contributed by atoms with Crippen LogP contribution >= 0.6 is 0 Å². The van der Waals surface area contributed by atoms with Crippen LogP contribution in [-0.4, -0.2) is 0 Å². The molecule has 2 fully saturated rings. The van der Waals surface area contributed by atoms with Crippen molar-refractivity contribution in [3.8, 4) is 11.1 Å². The molecule has 39 heavy (non-hydrogen) atoms. The Kier molecular flexibility index (Phi) is 11.8. The van der Waals surface area contributed by atoms with Crippen LogP contribution in [0.1, 0.15) is 134 Å². The maximum absolute atomic E-state index is 13.7. The molecule has 0 radical (unpaired) electrons. The molecule has 4 rings (SSSR count). The van der Waals surface area contributed by atoms with E-state index in [0.29, 0.717) is 11.0 Å². The van der Waals surface area contributed by atoms with Gasteiger partial charge in [-0.25, -0.2) is 13.2 Å². The van der Waals surface area contributed by atoms with Gasteiger partial charge in [-0.15, -0.1) is 0 Å². The van der Waals surface area contributed by atoms with Crippen molar-refractivity contribution in [1.82, 2.24) is 0 Å². The van der Waals surface area contributed by atoms with Crippen molar-refractivity contribution < 1.29 is 13.2 Å². The van der Waals surface area contributed by atoms with Crippen LogP contribution in [0, 0.1) is 34.7 Å². The number of hydrogen-bond donors (Lipinski definition) is 0. The van der Waals surface area contributed by atoms with Crippen LogP contribution in [0.4, 0.5) is 13.2 Å². The zero-order chi connectivity index (χ0) is 27.5. The van der Waals surface area contributed by atoms with Gasteiger partial charge in [0.1, 0.15) is 0 Å². The van der Waals surface area contributed by atoms with Crippen molar-refractivity contribution >= 4 is 0 Å². The largest absolute Gasteiger partial charge is 0.204 e. The first-order chi connectivity index (χ1) is 19.0. The second-order valence-electron chi connectivity index (χ2n) is 12.9. The monoisotopic (exact) mass is 540 g/mol. The summed E-state index contributed by atoms with van der Waals surface area (Å²) in [5.74, 6) is -1.88. The van der Waals surface area contributed by atoms with Gasteiger partial charge in [0.05, 0.1) is 0 Å². The van der Waals surface area contributed by atoms with E-state index in [1.165, 1.54) is 128 Å². The lowest BCUT2D eigenvalue weighted by Gasteiger charge is -2.48. The van der Waals surface area contributed by atoms with E-state index in [2.05, 4.69) is 19.1 Å². The Morgan fingerprint density at radius 2 is 1.28 bits per heavy atom. The topological polar surface area (TPSA) is 0 Å². The Bertz CT molecular complexity index is 958. The molecule has 2 aliphatic carbocycles. The molecule has 0 aromatic heterocycles. The lowest BCUT2D eigenvalue weighted by molar-refractivity contribution is 0.0379. The first-order valence-corrected chi connectivity index (χ1v) is 16.2. The molecule has 0 spiro atoms. The van der Waals surface area contributed by atoms with Gasteiger partial charge in [0.2, 0.25) is 0 Å². The Morgan fingerprint density at radius 1 is 0.692 bits per heavy atom. The molecule has 0 unspecified atom stereocenters.